The minimum atomic E-state index is -0.860. The molecule has 2 N–H and O–H groups in total. The summed E-state index contributed by atoms with van der Waals surface area (Å²) >= 11 is 0. The van der Waals surface area contributed by atoms with E-state index in [4.69, 9.17) is 4.74 Å². The average molecular weight is 286 g/mol. The lowest BCUT2D eigenvalue weighted by atomic mass is 10.0. The Morgan fingerprint density at radius 2 is 2.00 bits per heavy atom. The molecule has 1 rings (SSSR count). The van der Waals surface area contributed by atoms with Gasteiger partial charge in [-0.05, 0) is 19.4 Å². The molecule has 0 spiro atoms. The van der Waals surface area contributed by atoms with Crippen LogP contribution in [0.2, 0.25) is 0 Å². The van der Waals surface area contributed by atoms with Crippen molar-refractivity contribution in [3.05, 3.63) is 0 Å². The lowest BCUT2D eigenvalue weighted by Crippen LogP contribution is -2.53. The molecule has 1 fully saturated rings. The number of carboxylic acid groups (broad SMARTS) is 1. The van der Waals surface area contributed by atoms with Crippen molar-refractivity contribution in [2.24, 2.45) is 11.8 Å². The highest BCUT2D eigenvalue weighted by molar-refractivity contribution is 5.81. The molecule has 1 heterocycles. The zero-order valence-corrected chi connectivity index (χ0v) is 12.8. The molecule has 1 aliphatic rings. The van der Waals surface area contributed by atoms with Crippen LogP contribution in [0.25, 0.3) is 0 Å². The van der Waals surface area contributed by atoms with Crippen molar-refractivity contribution in [3.8, 4) is 0 Å². The number of likely N-dealkylation sites (N-methyl/N-ethyl adjacent to an activating group) is 1. The van der Waals surface area contributed by atoms with Crippen LogP contribution in [0.15, 0.2) is 0 Å². The number of carbonyl (C=O) groups excluding carboxylic acids is 1. The lowest BCUT2D eigenvalue weighted by molar-refractivity contribution is -0.144. The molecule has 0 aliphatic carbocycles. The molecule has 0 bridgehead atoms. The second-order valence-electron chi connectivity index (χ2n) is 5.69. The number of ether oxygens (including phenoxy) is 1. The van der Waals surface area contributed by atoms with Gasteiger partial charge in [0, 0.05) is 12.6 Å². The predicted molar refractivity (Wildman–Crippen MR) is 75.4 cm³/mol. The molecule has 0 saturated carbocycles. The molecule has 0 aromatic rings. The van der Waals surface area contributed by atoms with Crippen molar-refractivity contribution >= 4 is 11.9 Å². The first-order valence-corrected chi connectivity index (χ1v) is 7.22. The fraction of sp³-hybridized carbons (Fsp3) is 0.857. The van der Waals surface area contributed by atoms with E-state index in [1.165, 1.54) is 0 Å². The molecule has 1 amide bonds. The Morgan fingerprint density at radius 1 is 1.35 bits per heavy atom. The largest absolute Gasteiger partial charge is 0.481 e. The topological polar surface area (TPSA) is 78.9 Å². The molecule has 1 aliphatic heterocycles. The molecule has 0 aromatic carbocycles. The number of aliphatic carboxylic acids is 1. The molecule has 116 valence electrons. The number of nitrogens with zero attached hydrogens (tertiary/aromatic N) is 1. The van der Waals surface area contributed by atoms with Crippen LogP contribution in [-0.2, 0) is 14.3 Å². The summed E-state index contributed by atoms with van der Waals surface area (Å²) in [5.74, 6) is -1.09. The van der Waals surface area contributed by atoms with Gasteiger partial charge in [0.05, 0.1) is 25.2 Å². The van der Waals surface area contributed by atoms with Gasteiger partial charge >= 0.3 is 5.97 Å². The highest BCUT2D eigenvalue weighted by atomic mass is 16.5. The quantitative estimate of drug-likeness (QED) is 0.715. The standard InChI is InChI=1S/C14H26N2O4/c1-5-16(10(4)13(17)15-6-9(2)3)12-8-20-7-11(12)14(18)19/h9-12H,5-8H2,1-4H3,(H,15,17)(H,18,19). The summed E-state index contributed by atoms with van der Waals surface area (Å²) in [7, 11) is 0. The van der Waals surface area contributed by atoms with Crippen LogP contribution in [0.3, 0.4) is 0 Å². The van der Waals surface area contributed by atoms with Gasteiger partial charge in [0.2, 0.25) is 5.91 Å². The molecule has 20 heavy (non-hydrogen) atoms. The van der Waals surface area contributed by atoms with Gasteiger partial charge in [0.1, 0.15) is 0 Å². The molecular weight excluding hydrogens is 260 g/mol. The smallest absolute Gasteiger partial charge is 0.310 e. The molecule has 1 saturated heterocycles. The molecule has 3 unspecified atom stereocenters. The van der Waals surface area contributed by atoms with Crippen LogP contribution in [0, 0.1) is 11.8 Å². The number of nitrogens with one attached hydrogen (secondary N) is 1. The van der Waals surface area contributed by atoms with Gasteiger partial charge in [-0.2, -0.15) is 0 Å². The van der Waals surface area contributed by atoms with Gasteiger partial charge in [-0.3, -0.25) is 14.5 Å². The lowest BCUT2D eigenvalue weighted by Gasteiger charge is -2.33. The van der Waals surface area contributed by atoms with Crippen molar-refractivity contribution in [2.75, 3.05) is 26.3 Å². The number of hydrogen-bond acceptors (Lipinski definition) is 4. The van der Waals surface area contributed by atoms with Gasteiger partial charge < -0.3 is 15.2 Å². The fourth-order valence-corrected chi connectivity index (χ4v) is 2.50. The molecule has 6 nitrogen and oxygen atoms in total. The van der Waals surface area contributed by atoms with Gasteiger partial charge in [-0.15, -0.1) is 0 Å². The maximum atomic E-state index is 12.1. The van der Waals surface area contributed by atoms with Gasteiger partial charge in [-0.25, -0.2) is 0 Å². The summed E-state index contributed by atoms with van der Waals surface area (Å²) in [6.07, 6.45) is 0. The van der Waals surface area contributed by atoms with Crippen molar-refractivity contribution < 1.29 is 19.4 Å². The summed E-state index contributed by atoms with van der Waals surface area (Å²) in [6, 6.07) is -0.593. The Bertz CT molecular complexity index is 346. The summed E-state index contributed by atoms with van der Waals surface area (Å²) < 4.78 is 5.29. The summed E-state index contributed by atoms with van der Waals surface area (Å²) in [5, 5.41) is 12.1. The van der Waals surface area contributed by atoms with E-state index in [-0.39, 0.29) is 24.6 Å². The zero-order valence-electron chi connectivity index (χ0n) is 12.8. The van der Waals surface area contributed by atoms with Crippen LogP contribution in [0.5, 0.6) is 0 Å². The first-order valence-electron chi connectivity index (χ1n) is 7.22. The summed E-state index contributed by atoms with van der Waals surface area (Å²) in [4.78, 5) is 25.3. The van der Waals surface area contributed by atoms with Crippen molar-refractivity contribution in [1.29, 1.82) is 0 Å². The minimum Gasteiger partial charge on any atom is -0.481 e. The molecule has 0 aromatic heterocycles. The number of carboxylic acids is 1. The van der Waals surface area contributed by atoms with Crippen LogP contribution in [0.4, 0.5) is 0 Å². The summed E-state index contributed by atoms with van der Waals surface area (Å²) in [6.45, 7) is 9.66. The van der Waals surface area contributed by atoms with E-state index >= 15 is 0 Å². The molecule has 6 heteroatoms. The van der Waals surface area contributed by atoms with Crippen LogP contribution in [-0.4, -0.2) is 60.3 Å². The Labute approximate surface area is 120 Å². The predicted octanol–water partition coefficient (Wildman–Crippen LogP) is 0.569. The molecule has 0 radical (unpaired) electrons. The maximum Gasteiger partial charge on any atom is 0.310 e. The molecule has 3 atom stereocenters. The first kappa shape index (κ1) is 16.9. The number of hydrogen-bond donors (Lipinski definition) is 2. The number of carbonyl (C=O) groups is 2. The van der Waals surface area contributed by atoms with Gasteiger partial charge in [0.15, 0.2) is 0 Å². The second-order valence-corrected chi connectivity index (χ2v) is 5.69. The van der Waals surface area contributed by atoms with E-state index in [1.54, 1.807) is 0 Å². The Kier molecular flexibility index (Phi) is 6.42. The SMILES string of the molecule is CCN(C(C)C(=O)NCC(C)C)C1COCC1C(=O)O. The second kappa shape index (κ2) is 7.59. The van der Waals surface area contributed by atoms with Crippen molar-refractivity contribution in [2.45, 2.75) is 39.8 Å². The monoisotopic (exact) mass is 286 g/mol. The van der Waals surface area contributed by atoms with Gasteiger partial charge in [-0.1, -0.05) is 20.8 Å². The normalized spacial score (nSPS) is 24.1. The van der Waals surface area contributed by atoms with Gasteiger partial charge in [0.25, 0.3) is 0 Å². The molecular formula is C14H26N2O4. The van der Waals surface area contributed by atoms with E-state index in [0.717, 1.165) is 0 Å². The minimum absolute atomic E-state index is 0.0587. The third-order valence-electron chi connectivity index (χ3n) is 3.72. The Hall–Kier alpha value is -1.14. The zero-order chi connectivity index (χ0) is 15.3. The third kappa shape index (κ3) is 4.18. The maximum absolute atomic E-state index is 12.1. The van der Waals surface area contributed by atoms with E-state index < -0.39 is 11.9 Å². The number of amides is 1. The highest BCUT2D eigenvalue weighted by Crippen LogP contribution is 2.22. The highest BCUT2D eigenvalue weighted by Gasteiger charge is 2.40. The first-order chi connectivity index (χ1) is 9.38. The van der Waals surface area contributed by atoms with E-state index in [9.17, 15) is 14.7 Å². The van der Waals surface area contributed by atoms with Crippen molar-refractivity contribution in [1.82, 2.24) is 10.2 Å². The Balaban J connectivity index is 2.69. The fourth-order valence-electron chi connectivity index (χ4n) is 2.50. The van der Waals surface area contributed by atoms with E-state index in [2.05, 4.69) is 5.32 Å². The average Bonchev–Trinajstić information content (AvgIpc) is 2.85. The van der Waals surface area contributed by atoms with Crippen LogP contribution >= 0.6 is 0 Å². The van der Waals surface area contributed by atoms with E-state index in [1.807, 2.05) is 32.6 Å². The van der Waals surface area contributed by atoms with Crippen LogP contribution < -0.4 is 5.32 Å². The van der Waals surface area contributed by atoms with Crippen LogP contribution in [0.1, 0.15) is 27.7 Å². The Morgan fingerprint density at radius 3 is 2.50 bits per heavy atom. The van der Waals surface area contributed by atoms with Crippen molar-refractivity contribution in [3.63, 3.8) is 0 Å². The summed E-state index contributed by atoms with van der Waals surface area (Å²) in [5.41, 5.74) is 0. The number of rotatable bonds is 7. The van der Waals surface area contributed by atoms with E-state index in [0.29, 0.717) is 25.6 Å². The third-order valence-corrected chi connectivity index (χ3v) is 3.72.